The van der Waals surface area contributed by atoms with Gasteiger partial charge in [-0.05, 0) is 52.4 Å². The predicted octanol–water partition coefficient (Wildman–Crippen LogP) is 3.61. The number of benzene rings is 1. The first-order valence-electron chi connectivity index (χ1n) is 6.59. The lowest BCUT2D eigenvalue weighted by Gasteiger charge is -2.17. The summed E-state index contributed by atoms with van der Waals surface area (Å²) in [6.07, 6.45) is 4.97. The molecule has 1 N–H and O–H groups in total. The Kier molecular flexibility index (Phi) is 3.13. The van der Waals surface area contributed by atoms with Crippen LogP contribution in [0.25, 0.3) is 10.9 Å². The molecule has 0 fully saturated rings. The summed E-state index contributed by atoms with van der Waals surface area (Å²) in [6, 6.07) is 4.31. The van der Waals surface area contributed by atoms with Crippen LogP contribution in [0.5, 0.6) is 0 Å². The number of hydrogen-bond acceptors (Lipinski definition) is 1. The summed E-state index contributed by atoms with van der Waals surface area (Å²) < 4.78 is 3.40. The second kappa shape index (κ2) is 4.67. The molecule has 1 unspecified atom stereocenters. The van der Waals surface area contributed by atoms with Gasteiger partial charge in [-0.2, -0.15) is 0 Å². The van der Waals surface area contributed by atoms with Crippen LogP contribution in [0.3, 0.4) is 0 Å². The molecule has 0 amide bonds. The van der Waals surface area contributed by atoms with E-state index in [0.29, 0.717) is 6.42 Å². The van der Waals surface area contributed by atoms with Crippen LogP contribution >= 0.6 is 15.9 Å². The number of hydrogen-bond donors (Lipinski definition) is 1. The Bertz CT molecular complexity index is 660. The summed E-state index contributed by atoms with van der Waals surface area (Å²) in [5, 5.41) is 10.3. The van der Waals surface area contributed by atoms with E-state index < -0.39 is 5.97 Å². The fourth-order valence-corrected chi connectivity index (χ4v) is 3.47. The van der Waals surface area contributed by atoms with Gasteiger partial charge in [0.25, 0.3) is 0 Å². The smallest absolute Gasteiger partial charge is 0.306 e. The Balaban J connectivity index is 2.09. The van der Waals surface area contributed by atoms with Gasteiger partial charge in [-0.3, -0.25) is 4.79 Å². The van der Waals surface area contributed by atoms with Crippen molar-refractivity contribution < 1.29 is 9.90 Å². The number of carbonyl (C=O) groups is 1. The monoisotopic (exact) mass is 321 g/mol. The molecule has 2 aromatic rings. The molecule has 0 saturated heterocycles. The molecule has 19 heavy (non-hydrogen) atoms. The van der Waals surface area contributed by atoms with Crippen LogP contribution in [0.1, 0.15) is 24.5 Å². The summed E-state index contributed by atoms with van der Waals surface area (Å²) in [7, 11) is 0. The van der Waals surface area contributed by atoms with E-state index in [-0.39, 0.29) is 5.92 Å². The summed E-state index contributed by atoms with van der Waals surface area (Å²) in [5.74, 6) is -1.07. The minimum atomic E-state index is -0.731. The van der Waals surface area contributed by atoms with E-state index in [1.54, 1.807) is 6.92 Å². The quantitative estimate of drug-likeness (QED) is 0.938. The van der Waals surface area contributed by atoms with Gasteiger partial charge < -0.3 is 9.67 Å². The van der Waals surface area contributed by atoms with Crippen molar-refractivity contribution in [2.75, 3.05) is 0 Å². The summed E-state index contributed by atoms with van der Waals surface area (Å²) >= 11 is 3.61. The molecule has 1 aliphatic rings. The molecule has 0 radical (unpaired) electrons. The number of carboxylic acids is 1. The van der Waals surface area contributed by atoms with E-state index in [1.807, 2.05) is 0 Å². The van der Waals surface area contributed by atoms with Crippen LogP contribution in [0.2, 0.25) is 0 Å². The maximum absolute atomic E-state index is 11.0. The first kappa shape index (κ1) is 12.7. The van der Waals surface area contributed by atoms with E-state index in [1.165, 1.54) is 16.5 Å². The largest absolute Gasteiger partial charge is 0.481 e. The Labute approximate surface area is 120 Å². The van der Waals surface area contributed by atoms with E-state index in [4.69, 9.17) is 5.11 Å². The molecular formula is C15H16BrNO2. The van der Waals surface area contributed by atoms with Crippen LogP contribution in [0.4, 0.5) is 0 Å². The van der Waals surface area contributed by atoms with Crippen molar-refractivity contribution in [2.45, 2.75) is 32.7 Å². The molecule has 2 heterocycles. The van der Waals surface area contributed by atoms with Gasteiger partial charge in [0.05, 0.1) is 11.4 Å². The van der Waals surface area contributed by atoms with Gasteiger partial charge in [0.1, 0.15) is 0 Å². The summed E-state index contributed by atoms with van der Waals surface area (Å²) in [5.41, 5.74) is 3.78. The lowest BCUT2D eigenvalue weighted by molar-refractivity contribution is -0.141. The van der Waals surface area contributed by atoms with Crippen molar-refractivity contribution in [1.29, 1.82) is 0 Å². The average Bonchev–Trinajstić information content (AvgIpc) is 2.68. The second-order valence-corrected chi connectivity index (χ2v) is 6.22. The number of aliphatic carboxylic acids is 1. The van der Waals surface area contributed by atoms with E-state index >= 15 is 0 Å². The van der Waals surface area contributed by atoms with Crippen molar-refractivity contribution in [1.82, 2.24) is 4.57 Å². The Morgan fingerprint density at radius 3 is 3.05 bits per heavy atom. The number of nitrogens with zero attached hydrogens (tertiary/aromatic N) is 1. The molecule has 3 nitrogen and oxygen atoms in total. The highest BCUT2D eigenvalue weighted by Crippen LogP contribution is 2.34. The Morgan fingerprint density at radius 1 is 1.53 bits per heavy atom. The first-order chi connectivity index (χ1) is 9.06. The molecule has 4 heteroatoms. The predicted molar refractivity (Wildman–Crippen MR) is 78.5 cm³/mol. The molecule has 1 atom stereocenters. The van der Waals surface area contributed by atoms with Crippen LogP contribution < -0.4 is 0 Å². The summed E-state index contributed by atoms with van der Waals surface area (Å²) in [4.78, 5) is 11.0. The zero-order valence-corrected chi connectivity index (χ0v) is 12.4. The normalized spacial score (nSPS) is 15.7. The zero-order valence-electron chi connectivity index (χ0n) is 10.8. The van der Waals surface area contributed by atoms with Crippen molar-refractivity contribution in [3.05, 3.63) is 33.9 Å². The van der Waals surface area contributed by atoms with Crippen molar-refractivity contribution in [2.24, 2.45) is 5.92 Å². The standard InChI is InChI=1S/C15H16BrNO2/c1-9(15(18)19)5-10-6-11-3-2-4-17-8-13(16)12(7-10)14(11)17/h6-9H,2-5H2,1H3,(H,18,19). The number of carboxylic acid groups (broad SMARTS) is 1. The Morgan fingerprint density at radius 2 is 2.32 bits per heavy atom. The highest BCUT2D eigenvalue weighted by atomic mass is 79.9. The molecular weight excluding hydrogens is 306 g/mol. The van der Waals surface area contributed by atoms with Crippen LogP contribution in [-0.2, 0) is 24.2 Å². The average molecular weight is 322 g/mol. The van der Waals surface area contributed by atoms with Gasteiger partial charge in [-0.1, -0.05) is 13.0 Å². The Hall–Kier alpha value is -1.29. The molecule has 0 saturated carbocycles. The third-order valence-corrected chi connectivity index (χ3v) is 4.50. The lowest BCUT2D eigenvalue weighted by Crippen LogP contribution is -2.13. The molecule has 0 aliphatic carbocycles. The minimum Gasteiger partial charge on any atom is -0.481 e. The van der Waals surface area contributed by atoms with E-state index in [0.717, 1.165) is 29.4 Å². The number of aryl methyl sites for hydroxylation is 2. The van der Waals surface area contributed by atoms with Gasteiger partial charge in [0.15, 0.2) is 0 Å². The molecule has 1 aliphatic heterocycles. The van der Waals surface area contributed by atoms with Crippen molar-refractivity contribution in [3.8, 4) is 0 Å². The third-order valence-electron chi connectivity index (χ3n) is 3.87. The minimum absolute atomic E-state index is 0.339. The summed E-state index contributed by atoms with van der Waals surface area (Å²) in [6.45, 7) is 2.83. The fraction of sp³-hybridized carbons (Fsp3) is 0.400. The van der Waals surface area contributed by atoms with Gasteiger partial charge in [0, 0.05) is 22.6 Å². The molecule has 100 valence electrons. The third kappa shape index (κ3) is 2.18. The highest BCUT2D eigenvalue weighted by Gasteiger charge is 2.18. The van der Waals surface area contributed by atoms with Gasteiger partial charge in [0.2, 0.25) is 0 Å². The molecule has 1 aromatic heterocycles. The van der Waals surface area contributed by atoms with Crippen LogP contribution in [-0.4, -0.2) is 15.6 Å². The zero-order chi connectivity index (χ0) is 13.6. The fourth-order valence-electron chi connectivity index (χ4n) is 2.92. The molecule has 0 bridgehead atoms. The van der Waals surface area contributed by atoms with Gasteiger partial charge in [-0.25, -0.2) is 0 Å². The maximum Gasteiger partial charge on any atom is 0.306 e. The maximum atomic E-state index is 11.0. The molecule has 1 aromatic carbocycles. The van der Waals surface area contributed by atoms with Gasteiger partial charge in [-0.15, -0.1) is 0 Å². The highest BCUT2D eigenvalue weighted by molar-refractivity contribution is 9.10. The first-order valence-corrected chi connectivity index (χ1v) is 7.38. The lowest BCUT2D eigenvalue weighted by atomic mass is 9.95. The number of rotatable bonds is 3. The SMILES string of the molecule is CC(Cc1cc2c3c(c1)c(Br)cn3CCC2)C(=O)O. The van der Waals surface area contributed by atoms with Crippen LogP contribution in [0.15, 0.2) is 22.8 Å². The topological polar surface area (TPSA) is 42.2 Å². The van der Waals surface area contributed by atoms with Crippen LogP contribution in [0, 0.1) is 5.92 Å². The number of halogens is 1. The van der Waals surface area contributed by atoms with Crippen molar-refractivity contribution >= 4 is 32.8 Å². The number of aromatic nitrogens is 1. The van der Waals surface area contributed by atoms with E-state index in [9.17, 15) is 4.79 Å². The molecule has 0 spiro atoms. The van der Waals surface area contributed by atoms with Crippen molar-refractivity contribution in [3.63, 3.8) is 0 Å². The van der Waals surface area contributed by atoms with Gasteiger partial charge >= 0.3 is 5.97 Å². The molecule has 3 rings (SSSR count). The van der Waals surface area contributed by atoms with E-state index in [2.05, 4.69) is 38.8 Å². The second-order valence-electron chi connectivity index (χ2n) is 5.37.